The Balaban J connectivity index is 1.61. The molecule has 3 heterocycles. The van der Waals surface area contributed by atoms with E-state index in [1.54, 1.807) is 9.80 Å². The van der Waals surface area contributed by atoms with E-state index < -0.39 is 29.0 Å². The molecule has 0 atom stereocenters. The van der Waals surface area contributed by atoms with Crippen LogP contribution in [-0.4, -0.2) is 86.0 Å². The van der Waals surface area contributed by atoms with Crippen LogP contribution < -0.4 is 20.1 Å². The number of benzene rings is 1. The van der Waals surface area contributed by atoms with Gasteiger partial charge in [0.25, 0.3) is 0 Å². The third kappa shape index (κ3) is 5.90. The molecule has 1 aromatic carbocycles. The molecule has 2 saturated heterocycles. The molecule has 39 heavy (non-hydrogen) atoms. The summed E-state index contributed by atoms with van der Waals surface area (Å²) in [5.74, 6) is -2.38. The van der Waals surface area contributed by atoms with Crippen molar-refractivity contribution in [1.29, 1.82) is 0 Å². The molecular weight excluding hydrogens is 512 g/mol. The molecule has 10 nitrogen and oxygen atoms in total. The van der Waals surface area contributed by atoms with Gasteiger partial charge in [-0.1, -0.05) is 6.08 Å². The maximum absolute atomic E-state index is 15.4. The average molecular weight is 550 g/mol. The van der Waals surface area contributed by atoms with Gasteiger partial charge in [0.1, 0.15) is 11.3 Å². The second kappa shape index (κ2) is 11.3. The molecule has 0 bridgehead atoms. The highest BCUT2D eigenvalue weighted by atomic mass is 19.1. The summed E-state index contributed by atoms with van der Waals surface area (Å²) in [7, 11) is 2.53. The second-order valence-corrected chi connectivity index (χ2v) is 10.8. The molecule has 3 aliphatic heterocycles. The summed E-state index contributed by atoms with van der Waals surface area (Å²) in [4.78, 5) is 32.6. The van der Waals surface area contributed by atoms with Crippen LogP contribution in [0.5, 0.6) is 11.5 Å². The van der Waals surface area contributed by atoms with Crippen LogP contribution in [0.4, 0.5) is 24.1 Å². The van der Waals surface area contributed by atoms with E-state index in [0.717, 1.165) is 16.5 Å². The van der Waals surface area contributed by atoms with Gasteiger partial charge in [0, 0.05) is 38.4 Å². The summed E-state index contributed by atoms with van der Waals surface area (Å²) < 4.78 is 46.5. The molecule has 0 spiro atoms. The van der Waals surface area contributed by atoms with Gasteiger partial charge in [-0.25, -0.2) is 18.4 Å². The van der Waals surface area contributed by atoms with Crippen molar-refractivity contribution < 1.29 is 32.6 Å². The maximum Gasteiger partial charge on any atom is 0.410 e. The molecule has 0 aliphatic carbocycles. The fraction of sp³-hybridized carbons (Fsp3) is 0.556. The first-order valence-electron chi connectivity index (χ1n) is 13.0. The molecule has 2 fully saturated rings. The first-order chi connectivity index (χ1) is 18.5. The quantitative estimate of drug-likeness (QED) is 0.575. The number of nitrogens with zero attached hydrogens (tertiary/aromatic N) is 4. The number of amides is 3. The van der Waals surface area contributed by atoms with Crippen LogP contribution >= 0.6 is 0 Å². The van der Waals surface area contributed by atoms with Gasteiger partial charge in [-0.15, -0.1) is 0 Å². The number of ether oxygens (including phenoxy) is 3. The molecule has 4 rings (SSSR count). The molecule has 3 aliphatic rings. The zero-order valence-electron chi connectivity index (χ0n) is 23.1. The van der Waals surface area contributed by atoms with Crippen molar-refractivity contribution in [2.24, 2.45) is 11.7 Å². The molecule has 0 radical (unpaired) electrons. The number of carbonyl (C=O) groups is 2. The summed E-state index contributed by atoms with van der Waals surface area (Å²) in [6, 6.07) is 0.545. The van der Waals surface area contributed by atoms with Crippen molar-refractivity contribution >= 4 is 17.8 Å². The molecule has 1 aromatic rings. The number of anilines is 1. The van der Waals surface area contributed by atoms with E-state index in [1.165, 1.54) is 14.2 Å². The number of nitrogens with two attached hydrogens (primary N) is 1. The van der Waals surface area contributed by atoms with Crippen LogP contribution in [0.15, 0.2) is 29.6 Å². The van der Waals surface area contributed by atoms with E-state index >= 15 is 8.78 Å². The molecule has 214 valence electrons. The highest BCUT2D eigenvalue weighted by Gasteiger charge is 2.40. The van der Waals surface area contributed by atoms with E-state index in [0.29, 0.717) is 44.7 Å². The van der Waals surface area contributed by atoms with Gasteiger partial charge in [0.05, 0.1) is 33.1 Å². The zero-order chi connectivity index (χ0) is 28.5. The lowest BCUT2D eigenvalue weighted by atomic mass is 9.94. The number of piperidine rings is 1. The molecule has 3 amide bonds. The third-order valence-corrected chi connectivity index (χ3v) is 7.05. The standard InChI is InChI=1S/C27H37F2N5O5/c1-27(2,3)39-26(36)32-10-6-17(7-11-32)13-33-19-15-31(16-30)9-8-18(19)14-34(25(33)35)24-22(28)20(37-4)12-21(38-5)23(24)29/h8,12,15,17H,6-7,9-11,13-14,16,30H2,1-5H3. The predicted molar refractivity (Wildman–Crippen MR) is 141 cm³/mol. The Bertz CT molecular complexity index is 1150. The summed E-state index contributed by atoms with van der Waals surface area (Å²) >= 11 is 0. The van der Waals surface area contributed by atoms with Crippen LogP contribution in [-0.2, 0) is 4.74 Å². The van der Waals surface area contributed by atoms with Gasteiger partial charge in [-0.3, -0.25) is 9.80 Å². The van der Waals surface area contributed by atoms with E-state index in [-0.39, 0.29) is 36.7 Å². The van der Waals surface area contributed by atoms with Crippen LogP contribution in [0.2, 0.25) is 0 Å². The van der Waals surface area contributed by atoms with Gasteiger partial charge < -0.3 is 29.7 Å². The molecule has 0 saturated carbocycles. The molecule has 12 heteroatoms. The number of likely N-dealkylation sites (tertiary alicyclic amines) is 1. The number of carbonyl (C=O) groups excluding carboxylic acids is 2. The Morgan fingerprint density at radius 3 is 2.26 bits per heavy atom. The summed E-state index contributed by atoms with van der Waals surface area (Å²) in [6.07, 6.45) is 4.65. The van der Waals surface area contributed by atoms with Gasteiger partial charge in [-0.05, 0) is 45.1 Å². The fourth-order valence-corrected chi connectivity index (χ4v) is 4.99. The van der Waals surface area contributed by atoms with Gasteiger partial charge in [0.2, 0.25) is 0 Å². The van der Waals surface area contributed by atoms with Gasteiger partial charge >= 0.3 is 12.1 Å². The minimum atomic E-state index is -0.984. The molecular formula is C27H37F2N5O5. The number of halogens is 2. The average Bonchev–Trinajstić information content (AvgIpc) is 2.90. The van der Waals surface area contributed by atoms with E-state index in [1.807, 2.05) is 37.9 Å². The monoisotopic (exact) mass is 549 g/mol. The van der Waals surface area contributed by atoms with Crippen molar-refractivity contribution in [3.05, 3.63) is 41.2 Å². The zero-order valence-corrected chi connectivity index (χ0v) is 23.1. The second-order valence-electron chi connectivity index (χ2n) is 10.8. The molecule has 0 unspecified atom stereocenters. The summed E-state index contributed by atoms with van der Waals surface area (Å²) in [5, 5.41) is 0. The number of fused-ring (bicyclic) bond motifs is 1. The molecule has 0 aromatic heterocycles. The Kier molecular flexibility index (Phi) is 8.24. The lowest BCUT2D eigenvalue weighted by Crippen LogP contribution is -2.53. The Hall–Kier alpha value is -3.54. The van der Waals surface area contributed by atoms with E-state index in [9.17, 15) is 9.59 Å². The first-order valence-corrected chi connectivity index (χ1v) is 13.0. The normalized spacial score (nSPS) is 18.5. The number of methoxy groups -OCH3 is 2. The number of hydrogen-bond acceptors (Lipinski definition) is 7. The lowest BCUT2D eigenvalue weighted by molar-refractivity contribution is 0.0176. The number of rotatable bonds is 6. The summed E-state index contributed by atoms with van der Waals surface area (Å²) in [5.41, 5.74) is 6.15. The number of hydrogen-bond donors (Lipinski definition) is 1. The minimum absolute atomic E-state index is 0.0270. The smallest absolute Gasteiger partial charge is 0.410 e. The van der Waals surface area contributed by atoms with Crippen molar-refractivity contribution in [3.63, 3.8) is 0 Å². The predicted octanol–water partition coefficient (Wildman–Crippen LogP) is 3.87. The Morgan fingerprint density at radius 2 is 1.72 bits per heavy atom. The largest absolute Gasteiger partial charge is 0.493 e. The van der Waals surface area contributed by atoms with Crippen molar-refractivity contribution in [1.82, 2.24) is 14.7 Å². The fourth-order valence-electron chi connectivity index (χ4n) is 4.99. The Morgan fingerprint density at radius 1 is 1.10 bits per heavy atom. The van der Waals surface area contributed by atoms with Gasteiger partial charge in [0.15, 0.2) is 23.1 Å². The van der Waals surface area contributed by atoms with Gasteiger partial charge in [-0.2, -0.15) is 0 Å². The maximum atomic E-state index is 15.4. The third-order valence-electron chi connectivity index (χ3n) is 7.05. The SMILES string of the molecule is COc1cc(OC)c(F)c(N2CC3=CCN(CN)C=C3N(CC3CCN(C(=O)OC(C)(C)C)CC3)C2=O)c1F. The van der Waals surface area contributed by atoms with Crippen molar-refractivity contribution in [2.75, 3.05) is 58.5 Å². The lowest BCUT2D eigenvalue weighted by Gasteiger charge is -2.43. The number of urea groups is 1. The summed E-state index contributed by atoms with van der Waals surface area (Å²) in [6.45, 7) is 7.48. The topological polar surface area (TPSA) is 101 Å². The first kappa shape index (κ1) is 28.5. The van der Waals surface area contributed by atoms with Crippen LogP contribution in [0, 0.1) is 17.6 Å². The highest BCUT2D eigenvalue weighted by molar-refractivity contribution is 5.97. The minimum Gasteiger partial charge on any atom is -0.493 e. The Labute approximate surface area is 227 Å². The molecule has 2 N–H and O–H groups in total. The van der Waals surface area contributed by atoms with Crippen LogP contribution in [0.1, 0.15) is 33.6 Å². The van der Waals surface area contributed by atoms with Crippen molar-refractivity contribution in [3.8, 4) is 11.5 Å². The van der Waals surface area contributed by atoms with Crippen LogP contribution in [0.25, 0.3) is 0 Å². The van der Waals surface area contributed by atoms with E-state index in [2.05, 4.69) is 0 Å². The van der Waals surface area contributed by atoms with Crippen LogP contribution in [0.3, 0.4) is 0 Å². The van der Waals surface area contributed by atoms with E-state index in [4.69, 9.17) is 19.9 Å². The van der Waals surface area contributed by atoms with Crippen molar-refractivity contribution in [2.45, 2.75) is 39.2 Å². The highest BCUT2D eigenvalue weighted by Crippen LogP contribution is 2.41.